The average Bonchev–Trinajstić information content (AvgIpc) is 2.03. The second-order valence-corrected chi connectivity index (χ2v) is 3.07. The molecule has 3 heteroatoms. The van der Waals surface area contributed by atoms with Crippen LogP contribution in [-0.4, -0.2) is 6.54 Å². The number of nitrogens with two attached hydrogens (primary N) is 1. The first-order valence-electron chi connectivity index (χ1n) is 4.03. The Kier molecular flexibility index (Phi) is 3.23. The third-order valence-electron chi connectivity index (χ3n) is 1.56. The normalized spacial score (nSPS) is 9.83. The van der Waals surface area contributed by atoms with E-state index in [-0.39, 0.29) is 0 Å². The summed E-state index contributed by atoms with van der Waals surface area (Å²) in [6.45, 7) is 3.04. The highest BCUT2D eigenvalue weighted by atomic mass is 35.5. The van der Waals surface area contributed by atoms with Crippen molar-refractivity contribution >= 4 is 23.0 Å². The molecule has 0 aliphatic rings. The Labute approximate surface area is 77.7 Å². The van der Waals surface area contributed by atoms with Gasteiger partial charge >= 0.3 is 0 Å². The van der Waals surface area contributed by atoms with E-state index >= 15 is 0 Å². The highest BCUT2D eigenvalue weighted by Gasteiger charge is 1.97. The Morgan fingerprint density at radius 1 is 1.50 bits per heavy atom. The molecule has 2 nitrogen and oxygen atoms in total. The van der Waals surface area contributed by atoms with E-state index in [1.54, 1.807) is 6.07 Å². The molecule has 0 aliphatic heterocycles. The maximum atomic E-state index is 5.92. The second kappa shape index (κ2) is 4.21. The van der Waals surface area contributed by atoms with Crippen LogP contribution in [-0.2, 0) is 0 Å². The number of nitrogen functional groups attached to an aromatic ring is 1. The summed E-state index contributed by atoms with van der Waals surface area (Å²) in [6, 6.07) is 5.48. The van der Waals surface area contributed by atoms with Gasteiger partial charge in [0.15, 0.2) is 0 Å². The molecule has 66 valence electrons. The van der Waals surface area contributed by atoms with Crippen LogP contribution in [0.2, 0.25) is 5.02 Å². The van der Waals surface area contributed by atoms with E-state index in [0.29, 0.717) is 10.7 Å². The molecule has 1 aromatic carbocycles. The fourth-order valence-corrected chi connectivity index (χ4v) is 1.19. The van der Waals surface area contributed by atoms with Gasteiger partial charge in [-0.2, -0.15) is 0 Å². The van der Waals surface area contributed by atoms with Gasteiger partial charge in [-0.05, 0) is 24.6 Å². The number of benzene rings is 1. The largest absolute Gasteiger partial charge is 0.399 e. The molecule has 0 spiro atoms. The van der Waals surface area contributed by atoms with Crippen LogP contribution in [0.15, 0.2) is 18.2 Å². The highest BCUT2D eigenvalue weighted by Crippen LogP contribution is 2.23. The smallest absolute Gasteiger partial charge is 0.0657 e. The van der Waals surface area contributed by atoms with E-state index in [9.17, 15) is 0 Å². The van der Waals surface area contributed by atoms with E-state index in [1.165, 1.54) is 0 Å². The number of hydrogen-bond acceptors (Lipinski definition) is 2. The van der Waals surface area contributed by atoms with Crippen molar-refractivity contribution in [1.29, 1.82) is 0 Å². The molecule has 0 saturated carbocycles. The number of halogens is 1. The topological polar surface area (TPSA) is 38.0 Å². The summed E-state index contributed by atoms with van der Waals surface area (Å²) in [4.78, 5) is 0. The summed E-state index contributed by atoms with van der Waals surface area (Å²) in [5.74, 6) is 0. The molecule has 0 amide bonds. The minimum Gasteiger partial charge on any atom is -0.399 e. The summed E-state index contributed by atoms with van der Waals surface area (Å²) >= 11 is 5.92. The predicted octanol–water partition coefficient (Wildman–Crippen LogP) is 2.74. The van der Waals surface area contributed by atoms with Crippen LogP contribution in [0.5, 0.6) is 0 Å². The van der Waals surface area contributed by atoms with E-state index in [0.717, 1.165) is 18.7 Å². The van der Waals surface area contributed by atoms with Crippen LogP contribution in [0, 0.1) is 0 Å². The van der Waals surface area contributed by atoms with Crippen LogP contribution >= 0.6 is 11.6 Å². The summed E-state index contributed by atoms with van der Waals surface area (Å²) in [5, 5.41) is 3.89. The van der Waals surface area contributed by atoms with Crippen LogP contribution in [0.1, 0.15) is 13.3 Å². The van der Waals surface area contributed by atoms with Gasteiger partial charge in [0.1, 0.15) is 0 Å². The molecule has 0 heterocycles. The molecule has 0 fully saturated rings. The van der Waals surface area contributed by atoms with Crippen molar-refractivity contribution in [3.63, 3.8) is 0 Å². The lowest BCUT2D eigenvalue weighted by Gasteiger charge is -2.06. The molecule has 12 heavy (non-hydrogen) atoms. The summed E-state index contributed by atoms with van der Waals surface area (Å²) in [7, 11) is 0. The lowest BCUT2D eigenvalue weighted by molar-refractivity contribution is 0.980. The van der Waals surface area contributed by atoms with Crippen molar-refractivity contribution in [3.8, 4) is 0 Å². The van der Waals surface area contributed by atoms with E-state index in [1.807, 2.05) is 12.1 Å². The van der Waals surface area contributed by atoms with Crippen LogP contribution in [0.3, 0.4) is 0 Å². The minimum atomic E-state index is 0.684. The monoisotopic (exact) mass is 184 g/mol. The number of anilines is 2. The van der Waals surface area contributed by atoms with Crippen LogP contribution in [0.25, 0.3) is 0 Å². The Balaban J connectivity index is 2.72. The van der Waals surface area contributed by atoms with Crippen molar-refractivity contribution in [3.05, 3.63) is 23.2 Å². The molecule has 0 aliphatic carbocycles. The Morgan fingerprint density at radius 3 is 2.83 bits per heavy atom. The number of hydrogen-bond donors (Lipinski definition) is 2. The van der Waals surface area contributed by atoms with Gasteiger partial charge < -0.3 is 11.1 Å². The van der Waals surface area contributed by atoms with Crippen molar-refractivity contribution < 1.29 is 0 Å². The van der Waals surface area contributed by atoms with Crippen molar-refractivity contribution in [2.75, 3.05) is 17.6 Å². The van der Waals surface area contributed by atoms with Crippen LogP contribution < -0.4 is 11.1 Å². The van der Waals surface area contributed by atoms with Crippen molar-refractivity contribution in [2.24, 2.45) is 0 Å². The average molecular weight is 185 g/mol. The number of rotatable bonds is 3. The van der Waals surface area contributed by atoms with Crippen molar-refractivity contribution in [2.45, 2.75) is 13.3 Å². The van der Waals surface area contributed by atoms with Gasteiger partial charge in [-0.1, -0.05) is 18.5 Å². The van der Waals surface area contributed by atoms with Crippen LogP contribution in [0.4, 0.5) is 11.4 Å². The molecular weight excluding hydrogens is 172 g/mol. The van der Waals surface area contributed by atoms with Gasteiger partial charge in [0, 0.05) is 12.2 Å². The summed E-state index contributed by atoms with van der Waals surface area (Å²) in [5.41, 5.74) is 7.19. The van der Waals surface area contributed by atoms with Gasteiger partial charge in [0.25, 0.3) is 0 Å². The quantitative estimate of drug-likeness (QED) is 0.709. The molecule has 1 aromatic rings. The van der Waals surface area contributed by atoms with Gasteiger partial charge in [0.05, 0.1) is 10.7 Å². The first kappa shape index (κ1) is 9.20. The third kappa shape index (κ3) is 2.31. The molecule has 0 bridgehead atoms. The predicted molar refractivity (Wildman–Crippen MR) is 54.6 cm³/mol. The molecule has 0 aromatic heterocycles. The van der Waals surface area contributed by atoms with Gasteiger partial charge in [-0.3, -0.25) is 0 Å². The first-order chi connectivity index (χ1) is 5.74. The maximum Gasteiger partial charge on any atom is 0.0657 e. The zero-order chi connectivity index (χ0) is 8.97. The van der Waals surface area contributed by atoms with E-state index in [4.69, 9.17) is 17.3 Å². The van der Waals surface area contributed by atoms with Gasteiger partial charge in [-0.25, -0.2) is 0 Å². The lowest BCUT2D eigenvalue weighted by Crippen LogP contribution is -2.00. The minimum absolute atomic E-state index is 0.684. The molecule has 0 radical (unpaired) electrons. The lowest BCUT2D eigenvalue weighted by atomic mass is 10.3. The molecule has 0 saturated heterocycles. The maximum absolute atomic E-state index is 5.92. The molecular formula is C9H13ClN2. The zero-order valence-corrected chi connectivity index (χ0v) is 7.86. The first-order valence-corrected chi connectivity index (χ1v) is 4.40. The number of nitrogens with one attached hydrogen (secondary N) is 1. The third-order valence-corrected chi connectivity index (χ3v) is 1.87. The molecule has 1 rings (SSSR count). The molecule has 0 unspecified atom stereocenters. The van der Waals surface area contributed by atoms with Crippen molar-refractivity contribution in [1.82, 2.24) is 0 Å². The second-order valence-electron chi connectivity index (χ2n) is 2.67. The molecule has 3 N–H and O–H groups in total. The fraction of sp³-hybridized carbons (Fsp3) is 0.333. The van der Waals surface area contributed by atoms with Gasteiger partial charge in [-0.15, -0.1) is 0 Å². The summed E-state index contributed by atoms with van der Waals surface area (Å²) in [6.07, 6.45) is 1.08. The van der Waals surface area contributed by atoms with E-state index < -0.39 is 0 Å². The van der Waals surface area contributed by atoms with Gasteiger partial charge in [0.2, 0.25) is 0 Å². The standard InChI is InChI=1S/C9H13ClN2/c1-2-5-12-9-4-3-7(11)6-8(9)10/h3-4,6,12H,2,5,11H2,1H3. The molecule has 0 atom stereocenters. The summed E-state index contributed by atoms with van der Waals surface area (Å²) < 4.78 is 0. The Morgan fingerprint density at radius 2 is 2.25 bits per heavy atom. The van der Waals surface area contributed by atoms with E-state index in [2.05, 4.69) is 12.2 Å². The Bertz CT molecular complexity index is 261. The zero-order valence-electron chi connectivity index (χ0n) is 7.10. The Hall–Kier alpha value is -0.890. The SMILES string of the molecule is CCCNc1ccc(N)cc1Cl. The fourth-order valence-electron chi connectivity index (χ4n) is 0.934. The highest BCUT2D eigenvalue weighted by molar-refractivity contribution is 6.33.